The van der Waals surface area contributed by atoms with E-state index in [0.29, 0.717) is 0 Å². The Balaban J connectivity index is 2.98. The molecule has 18 heavy (non-hydrogen) atoms. The van der Waals surface area contributed by atoms with Crippen molar-refractivity contribution in [3.63, 3.8) is 0 Å². The summed E-state index contributed by atoms with van der Waals surface area (Å²) in [6.07, 6.45) is 0.0153. The molecule has 6 heteroatoms. The van der Waals surface area contributed by atoms with E-state index in [4.69, 9.17) is 0 Å². The highest BCUT2D eigenvalue weighted by Gasteiger charge is 2.52. The minimum atomic E-state index is -1.86. The molecular weight excluding hydrogens is 368 g/mol. The Bertz CT molecular complexity index is 396. The number of Topliss-reactive ketones (excluding diaryl/α,β-unsaturated/α-hetero) is 1. The molecule has 1 aromatic carbocycles. The van der Waals surface area contributed by atoms with Crippen molar-refractivity contribution in [3.8, 4) is 0 Å². The topological polar surface area (TPSA) is 77.8 Å². The molecule has 0 saturated heterocycles. The highest BCUT2D eigenvalue weighted by Crippen LogP contribution is 2.42. The van der Waals surface area contributed by atoms with Gasteiger partial charge >= 0.3 is 0 Å². The SMILES string of the molecule is O=C(Cc1ccccc1)C(CO)(CO)C(O)(Br)Br. The maximum absolute atomic E-state index is 12.2. The standard InChI is InChI=1S/C12H14Br2O4/c13-12(14,18)11(7-15,8-16)10(17)6-9-4-2-1-3-5-9/h1-5,15-16,18H,6-8H2. The molecule has 0 amide bonds. The fourth-order valence-electron chi connectivity index (χ4n) is 1.53. The van der Waals surface area contributed by atoms with Crippen LogP contribution >= 0.6 is 31.9 Å². The normalized spacial score (nSPS) is 12.5. The fraction of sp³-hybridized carbons (Fsp3) is 0.417. The average Bonchev–Trinajstić information content (AvgIpc) is 2.30. The molecule has 0 aliphatic carbocycles. The van der Waals surface area contributed by atoms with E-state index in [0.717, 1.165) is 5.56 Å². The molecule has 0 unspecified atom stereocenters. The highest BCUT2D eigenvalue weighted by atomic mass is 79.9. The Morgan fingerprint density at radius 3 is 2.00 bits per heavy atom. The van der Waals surface area contributed by atoms with Gasteiger partial charge in [0.15, 0.2) is 9.20 Å². The van der Waals surface area contributed by atoms with Gasteiger partial charge in [0.05, 0.1) is 13.2 Å². The number of carbonyl (C=O) groups excluding carboxylic acids is 1. The predicted octanol–water partition coefficient (Wildman–Crippen LogP) is 1.21. The van der Waals surface area contributed by atoms with Crippen LogP contribution in [-0.4, -0.2) is 37.7 Å². The zero-order valence-electron chi connectivity index (χ0n) is 9.51. The van der Waals surface area contributed by atoms with Crippen LogP contribution in [-0.2, 0) is 11.2 Å². The van der Waals surface area contributed by atoms with Gasteiger partial charge in [-0.25, -0.2) is 0 Å². The van der Waals surface area contributed by atoms with E-state index in [1.54, 1.807) is 24.3 Å². The van der Waals surface area contributed by atoms with Crippen LogP contribution < -0.4 is 0 Å². The van der Waals surface area contributed by atoms with Crippen LogP contribution in [0.2, 0.25) is 0 Å². The van der Waals surface area contributed by atoms with Gasteiger partial charge in [-0.1, -0.05) is 30.3 Å². The lowest BCUT2D eigenvalue weighted by molar-refractivity contribution is -0.139. The monoisotopic (exact) mass is 380 g/mol. The van der Waals surface area contributed by atoms with E-state index < -0.39 is 27.8 Å². The molecule has 1 rings (SSSR count). The van der Waals surface area contributed by atoms with Crippen molar-refractivity contribution < 1.29 is 20.1 Å². The van der Waals surface area contributed by atoms with Crippen LogP contribution in [0.25, 0.3) is 0 Å². The fourth-order valence-corrected chi connectivity index (χ4v) is 2.48. The number of hydrogen-bond donors (Lipinski definition) is 3. The quantitative estimate of drug-likeness (QED) is 0.647. The summed E-state index contributed by atoms with van der Waals surface area (Å²) in [5, 5.41) is 28.6. The van der Waals surface area contributed by atoms with E-state index >= 15 is 0 Å². The average molecular weight is 382 g/mol. The van der Waals surface area contributed by atoms with E-state index in [1.807, 2.05) is 6.07 Å². The van der Waals surface area contributed by atoms with E-state index in [2.05, 4.69) is 31.9 Å². The van der Waals surface area contributed by atoms with Crippen LogP contribution in [0.3, 0.4) is 0 Å². The molecule has 0 aliphatic heterocycles. The second-order valence-corrected chi connectivity index (χ2v) is 7.38. The Labute approximate surface area is 122 Å². The van der Waals surface area contributed by atoms with Gasteiger partial charge in [0.25, 0.3) is 0 Å². The van der Waals surface area contributed by atoms with Gasteiger partial charge in [0, 0.05) is 6.42 Å². The summed E-state index contributed by atoms with van der Waals surface area (Å²) in [7, 11) is 0. The van der Waals surface area contributed by atoms with Crippen LogP contribution in [0.5, 0.6) is 0 Å². The van der Waals surface area contributed by atoms with Crippen LogP contribution in [0, 0.1) is 5.41 Å². The number of rotatable bonds is 6. The number of aliphatic hydroxyl groups excluding tert-OH is 2. The minimum Gasteiger partial charge on any atom is -0.395 e. The molecule has 0 spiro atoms. The highest BCUT2D eigenvalue weighted by molar-refractivity contribution is 9.25. The molecule has 3 N–H and O–H groups in total. The van der Waals surface area contributed by atoms with Gasteiger partial charge in [-0.3, -0.25) is 4.79 Å². The van der Waals surface area contributed by atoms with Gasteiger partial charge in [-0.15, -0.1) is 0 Å². The molecule has 0 saturated carbocycles. The Hall–Kier alpha value is -0.270. The van der Waals surface area contributed by atoms with Crippen molar-refractivity contribution in [2.75, 3.05) is 13.2 Å². The van der Waals surface area contributed by atoms with Gasteiger partial charge < -0.3 is 15.3 Å². The van der Waals surface area contributed by atoms with Crippen LogP contribution in [0.4, 0.5) is 0 Å². The smallest absolute Gasteiger partial charge is 0.192 e. The zero-order valence-corrected chi connectivity index (χ0v) is 12.7. The lowest BCUT2D eigenvalue weighted by Gasteiger charge is -2.36. The van der Waals surface area contributed by atoms with Crippen molar-refractivity contribution in [1.29, 1.82) is 0 Å². The van der Waals surface area contributed by atoms with Crippen molar-refractivity contribution in [2.24, 2.45) is 5.41 Å². The lowest BCUT2D eigenvalue weighted by Crippen LogP contribution is -2.52. The number of benzene rings is 1. The van der Waals surface area contributed by atoms with Gasteiger partial charge in [0.2, 0.25) is 0 Å². The van der Waals surface area contributed by atoms with Gasteiger partial charge in [-0.05, 0) is 37.4 Å². The summed E-state index contributed by atoms with van der Waals surface area (Å²) in [4.78, 5) is 12.2. The third-order valence-corrected chi connectivity index (χ3v) is 4.37. The third kappa shape index (κ3) is 3.19. The number of aliphatic hydroxyl groups is 3. The second-order valence-electron chi connectivity index (χ2n) is 4.03. The maximum atomic E-state index is 12.2. The molecule has 0 bridgehead atoms. The minimum absolute atomic E-state index is 0.0153. The van der Waals surface area contributed by atoms with Gasteiger partial charge in [0.1, 0.15) is 5.41 Å². The Kier molecular flexibility index (Phi) is 5.48. The van der Waals surface area contributed by atoms with Crippen molar-refractivity contribution >= 4 is 37.6 Å². The Morgan fingerprint density at radius 1 is 1.11 bits per heavy atom. The largest absolute Gasteiger partial charge is 0.395 e. The summed E-state index contributed by atoms with van der Waals surface area (Å²) >= 11 is 5.74. The first-order chi connectivity index (χ1) is 8.37. The number of halogens is 2. The second kappa shape index (κ2) is 6.25. The molecule has 0 heterocycles. The zero-order chi connectivity index (χ0) is 13.8. The summed E-state index contributed by atoms with van der Waals surface area (Å²) < 4.78 is -1.86. The lowest BCUT2D eigenvalue weighted by atomic mass is 9.83. The summed E-state index contributed by atoms with van der Waals surface area (Å²) in [6.45, 7) is -1.36. The van der Waals surface area contributed by atoms with Crippen LogP contribution in [0.1, 0.15) is 5.56 Å². The Morgan fingerprint density at radius 2 is 1.61 bits per heavy atom. The molecule has 0 radical (unpaired) electrons. The molecule has 1 aromatic rings. The summed E-state index contributed by atoms with van der Waals surface area (Å²) in [5.41, 5.74) is -0.957. The molecule has 0 fully saturated rings. The number of hydrogen-bond acceptors (Lipinski definition) is 4. The number of alkyl halides is 2. The predicted molar refractivity (Wildman–Crippen MR) is 74.6 cm³/mol. The molecule has 0 aromatic heterocycles. The number of ketones is 1. The van der Waals surface area contributed by atoms with Crippen LogP contribution in [0.15, 0.2) is 30.3 Å². The first-order valence-electron chi connectivity index (χ1n) is 5.26. The first kappa shape index (κ1) is 15.8. The molecular formula is C12H14Br2O4. The maximum Gasteiger partial charge on any atom is 0.192 e. The third-order valence-electron chi connectivity index (χ3n) is 2.86. The molecule has 0 atom stereocenters. The summed E-state index contributed by atoms with van der Waals surface area (Å²) in [5.74, 6) is -0.463. The first-order valence-corrected chi connectivity index (χ1v) is 6.85. The molecule has 4 nitrogen and oxygen atoms in total. The van der Waals surface area contributed by atoms with Crippen molar-refractivity contribution in [1.82, 2.24) is 0 Å². The molecule has 0 aliphatic rings. The molecule has 100 valence electrons. The van der Waals surface area contributed by atoms with Crippen molar-refractivity contribution in [2.45, 2.75) is 9.84 Å². The number of carbonyl (C=O) groups is 1. The van der Waals surface area contributed by atoms with E-state index in [9.17, 15) is 20.1 Å². The van der Waals surface area contributed by atoms with E-state index in [1.165, 1.54) is 0 Å². The van der Waals surface area contributed by atoms with E-state index in [-0.39, 0.29) is 6.42 Å². The van der Waals surface area contributed by atoms with Gasteiger partial charge in [-0.2, -0.15) is 0 Å². The van der Waals surface area contributed by atoms with Crippen molar-refractivity contribution in [3.05, 3.63) is 35.9 Å². The summed E-state index contributed by atoms with van der Waals surface area (Å²) in [6, 6.07) is 8.93.